The molecule has 4 rings (SSSR count). The van der Waals surface area contributed by atoms with Crippen LogP contribution in [0.1, 0.15) is 31.2 Å². The molecule has 0 atom stereocenters. The van der Waals surface area contributed by atoms with Crippen LogP contribution in [0.2, 0.25) is 0 Å². The predicted molar refractivity (Wildman–Crippen MR) is 125 cm³/mol. The number of carbonyl (C=O) groups excluding carboxylic acids is 1. The van der Waals surface area contributed by atoms with E-state index >= 15 is 0 Å². The van der Waals surface area contributed by atoms with E-state index in [2.05, 4.69) is 56.2 Å². The Morgan fingerprint density at radius 3 is 2.62 bits per heavy atom. The number of aromatic nitrogens is 3. The first-order chi connectivity index (χ1) is 15.7. The van der Waals surface area contributed by atoms with E-state index < -0.39 is 0 Å². The highest BCUT2D eigenvalue weighted by molar-refractivity contribution is 5.86. The molecule has 1 amide bonds. The second-order valence-electron chi connectivity index (χ2n) is 8.11. The molecule has 1 saturated heterocycles. The van der Waals surface area contributed by atoms with Crippen LogP contribution in [-0.4, -0.2) is 57.5 Å². The number of amides is 1. The topological polar surface area (TPSA) is 86.9 Å². The monoisotopic (exact) mass is 433 g/mol. The number of piperidine rings is 1. The molecule has 168 valence electrons. The van der Waals surface area contributed by atoms with Gasteiger partial charge < -0.3 is 15.5 Å². The molecule has 32 heavy (non-hydrogen) atoms. The van der Waals surface area contributed by atoms with Crippen LogP contribution >= 0.6 is 0 Å². The molecule has 0 radical (unpaired) electrons. The molecule has 0 unspecified atom stereocenters. The summed E-state index contributed by atoms with van der Waals surface area (Å²) in [5.41, 5.74) is 2.17. The number of likely N-dealkylation sites (tertiary alicyclic amines) is 1. The number of aliphatic imine (C=N–C) groups is 1. The normalized spacial score (nSPS) is 15.2. The molecule has 1 fully saturated rings. The van der Waals surface area contributed by atoms with E-state index in [1.165, 1.54) is 5.56 Å². The molecular formula is C24H31N7O. The second-order valence-corrected chi connectivity index (χ2v) is 8.11. The van der Waals surface area contributed by atoms with Crippen molar-refractivity contribution in [1.82, 2.24) is 30.1 Å². The average molecular weight is 434 g/mol. The summed E-state index contributed by atoms with van der Waals surface area (Å²) >= 11 is 0. The molecule has 1 aliphatic rings. The third kappa shape index (κ3) is 5.63. The molecule has 0 bridgehead atoms. The Kier molecular flexibility index (Phi) is 7.32. The number of nitrogens with one attached hydrogen (secondary N) is 2. The van der Waals surface area contributed by atoms with E-state index in [4.69, 9.17) is 0 Å². The number of fused-ring (bicyclic) bond motifs is 1. The zero-order valence-corrected chi connectivity index (χ0v) is 18.6. The Morgan fingerprint density at radius 1 is 1.06 bits per heavy atom. The molecule has 8 heteroatoms. The van der Waals surface area contributed by atoms with E-state index in [1.807, 2.05) is 40.6 Å². The summed E-state index contributed by atoms with van der Waals surface area (Å²) in [5.74, 6) is 2.12. The Morgan fingerprint density at radius 2 is 1.84 bits per heavy atom. The maximum absolute atomic E-state index is 12.7. The zero-order valence-electron chi connectivity index (χ0n) is 18.6. The standard InChI is InChI=1S/C24H31N7O/c1-2-25-24(26-17-22-29-28-21-10-6-7-13-31(21)22)27-18-23(32)30-14-11-20(12-15-30)16-19-8-4-3-5-9-19/h3-10,13,20H,2,11-12,14-18H2,1H3,(H2,25,26,27). The van der Waals surface area contributed by atoms with Crippen LogP contribution in [-0.2, 0) is 17.8 Å². The van der Waals surface area contributed by atoms with Crippen LogP contribution in [0.3, 0.4) is 0 Å². The summed E-state index contributed by atoms with van der Waals surface area (Å²) in [5, 5.41) is 14.7. The Hall–Kier alpha value is -3.42. The SMILES string of the molecule is CCNC(=NCc1nnc2ccccn12)NCC(=O)N1CCC(Cc2ccccc2)CC1. The first kappa shape index (κ1) is 21.8. The quantitative estimate of drug-likeness (QED) is 0.441. The Labute approximate surface area is 188 Å². The highest BCUT2D eigenvalue weighted by Crippen LogP contribution is 2.21. The molecule has 2 N–H and O–H groups in total. The van der Waals surface area contributed by atoms with E-state index in [0.717, 1.165) is 43.8 Å². The summed E-state index contributed by atoms with van der Waals surface area (Å²) in [4.78, 5) is 19.3. The van der Waals surface area contributed by atoms with Gasteiger partial charge in [-0.25, -0.2) is 4.99 Å². The van der Waals surface area contributed by atoms with E-state index in [0.29, 0.717) is 25.0 Å². The van der Waals surface area contributed by atoms with Gasteiger partial charge in [-0.1, -0.05) is 36.4 Å². The number of benzene rings is 1. The number of guanidine groups is 1. The van der Waals surface area contributed by atoms with Crippen molar-refractivity contribution in [3.05, 3.63) is 66.1 Å². The maximum atomic E-state index is 12.7. The number of pyridine rings is 1. The lowest BCUT2D eigenvalue weighted by molar-refractivity contribution is -0.131. The minimum Gasteiger partial charge on any atom is -0.357 e. The van der Waals surface area contributed by atoms with Gasteiger partial charge in [0.25, 0.3) is 0 Å². The van der Waals surface area contributed by atoms with E-state index in [-0.39, 0.29) is 12.5 Å². The van der Waals surface area contributed by atoms with Gasteiger partial charge >= 0.3 is 0 Å². The van der Waals surface area contributed by atoms with Crippen LogP contribution < -0.4 is 10.6 Å². The van der Waals surface area contributed by atoms with E-state index in [9.17, 15) is 4.79 Å². The molecule has 0 spiro atoms. The molecule has 8 nitrogen and oxygen atoms in total. The lowest BCUT2D eigenvalue weighted by Crippen LogP contribution is -2.47. The fourth-order valence-electron chi connectivity index (χ4n) is 4.10. The van der Waals surface area contributed by atoms with Gasteiger partial charge in [0.05, 0.1) is 6.54 Å². The highest BCUT2D eigenvalue weighted by atomic mass is 16.2. The molecular weight excluding hydrogens is 402 g/mol. The lowest BCUT2D eigenvalue weighted by Gasteiger charge is -2.32. The predicted octanol–water partition coefficient (Wildman–Crippen LogP) is 2.27. The van der Waals surface area contributed by atoms with Crippen molar-refractivity contribution in [2.24, 2.45) is 10.9 Å². The average Bonchev–Trinajstić information content (AvgIpc) is 3.25. The summed E-state index contributed by atoms with van der Waals surface area (Å²) in [6.45, 7) is 4.96. The Balaban J connectivity index is 1.26. The minimum absolute atomic E-state index is 0.113. The van der Waals surface area contributed by atoms with Gasteiger partial charge in [-0.3, -0.25) is 9.20 Å². The smallest absolute Gasteiger partial charge is 0.241 e. The van der Waals surface area contributed by atoms with Gasteiger partial charge in [0.1, 0.15) is 6.54 Å². The highest BCUT2D eigenvalue weighted by Gasteiger charge is 2.23. The molecule has 1 aliphatic heterocycles. The number of nitrogens with zero attached hydrogens (tertiary/aromatic N) is 5. The number of hydrogen-bond acceptors (Lipinski definition) is 4. The summed E-state index contributed by atoms with van der Waals surface area (Å²) in [6.07, 6.45) is 5.12. The van der Waals surface area contributed by atoms with Crippen molar-refractivity contribution in [1.29, 1.82) is 0 Å². The van der Waals surface area contributed by atoms with Crippen molar-refractivity contribution in [3.8, 4) is 0 Å². The fourth-order valence-corrected chi connectivity index (χ4v) is 4.10. The van der Waals surface area contributed by atoms with Crippen LogP contribution in [0, 0.1) is 5.92 Å². The van der Waals surface area contributed by atoms with Crippen molar-refractivity contribution < 1.29 is 4.79 Å². The van der Waals surface area contributed by atoms with Gasteiger partial charge in [-0.2, -0.15) is 0 Å². The summed E-state index contributed by atoms with van der Waals surface area (Å²) < 4.78 is 1.91. The minimum atomic E-state index is 0.113. The molecule has 3 heterocycles. The number of carbonyl (C=O) groups is 1. The van der Waals surface area contributed by atoms with Crippen LogP contribution in [0.5, 0.6) is 0 Å². The van der Waals surface area contributed by atoms with E-state index in [1.54, 1.807) is 0 Å². The summed E-state index contributed by atoms with van der Waals surface area (Å²) in [6, 6.07) is 16.4. The first-order valence-electron chi connectivity index (χ1n) is 11.4. The van der Waals surface area contributed by atoms with Crippen LogP contribution in [0.15, 0.2) is 59.7 Å². The third-order valence-electron chi connectivity index (χ3n) is 5.85. The molecule has 2 aromatic heterocycles. The lowest BCUT2D eigenvalue weighted by atomic mass is 9.90. The van der Waals surface area contributed by atoms with Crippen molar-refractivity contribution in [2.75, 3.05) is 26.2 Å². The van der Waals surface area contributed by atoms with Gasteiger partial charge in [0.15, 0.2) is 17.4 Å². The summed E-state index contributed by atoms with van der Waals surface area (Å²) in [7, 11) is 0. The first-order valence-corrected chi connectivity index (χ1v) is 11.4. The van der Waals surface area contributed by atoms with Crippen molar-refractivity contribution >= 4 is 17.5 Å². The molecule has 3 aromatic rings. The maximum Gasteiger partial charge on any atom is 0.241 e. The largest absolute Gasteiger partial charge is 0.357 e. The number of rotatable bonds is 7. The van der Waals surface area contributed by atoms with Gasteiger partial charge in [-0.15, -0.1) is 10.2 Å². The number of hydrogen-bond donors (Lipinski definition) is 2. The second kappa shape index (κ2) is 10.7. The zero-order chi connectivity index (χ0) is 22.2. The van der Waals surface area contributed by atoms with Gasteiger partial charge in [-0.05, 0) is 49.8 Å². The van der Waals surface area contributed by atoms with Crippen LogP contribution in [0.4, 0.5) is 0 Å². The molecule has 0 aliphatic carbocycles. The van der Waals surface area contributed by atoms with Crippen molar-refractivity contribution in [2.45, 2.75) is 32.7 Å². The van der Waals surface area contributed by atoms with Crippen molar-refractivity contribution in [3.63, 3.8) is 0 Å². The van der Waals surface area contributed by atoms with Gasteiger partial charge in [0, 0.05) is 25.8 Å². The van der Waals surface area contributed by atoms with Gasteiger partial charge in [0.2, 0.25) is 5.91 Å². The third-order valence-corrected chi connectivity index (χ3v) is 5.85. The molecule has 1 aromatic carbocycles. The Bertz CT molecular complexity index is 1040. The molecule has 0 saturated carbocycles. The fraction of sp³-hybridized carbons (Fsp3) is 0.417. The van der Waals surface area contributed by atoms with Crippen LogP contribution in [0.25, 0.3) is 5.65 Å².